The summed E-state index contributed by atoms with van der Waals surface area (Å²) in [4.78, 5) is 25.1. The molecule has 1 amide bonds. The summed E-state index contributed by atoms with van der Waals surface area (Å²) in [6.07, 6.45) is 0. The summed E-state index contributed by atoms with van der Waals surface area (Å²) in [5, 5.41) is 9.07. The molecule has 0 aromatic heterocycles. The Kier molecular flexibility index (Phi) is 3.84. The molecule has 0 saturated heterocycles. The number of aliphatic carboxylic acids is 1. The fourth-order valence-corrected chi connectivity index (χ4v) is 2.57. The van der Waals surface area contributed by atoms with Crippen LogP contribution in [0.5, 0.6) is 0 Å². The fourth-order valence-electron chi connectivity index (χ4n) is 2.57. The van der Waals surface area contributed by atoms with Crippen LogP contribution in [0, 0.1) is 23.2 Å². The smallest absolute Gasteiger partial charge is 0.307 e. The number of carboxylic acid groups (broad SMARTS) is 1. The van der Waals surface area contributed by atoms with Crippen LogP contribution in [0.2, 0.25) is 0 Å². The molecule has 0 heterocycles. The van der Waals surface area contributed by atoms with E-state index in [0.29, 0.717) is 19.0 Å². The molecule has 4 heteroatoms. The maximum atomic E-state index is 12.3. The molecule has 0 bridgehead atoms. The van der Waals surface area contributed by atoms with Crippen LogP contribution in [0.15, 0.2) is 0 Å². The Balaban J connectivity index is 2.74. The van der Waals surface area contributed by atoms with E-state index in [1.54, 1.807) is 4.90 Å². The van der Waals surface area contributed by atoms with E-state index < -0.39 is 17.3 Å². The number of nitrogens with zero attached hydrogens (tertiary/aromatic N) is 1. The molecule has 1 saturated carbocycles. The van der Waals surface area contributed by atoms with Crippen molar-refractivity contribution in [3.05, 3.63) is 0 Å². The van der Waals surface area contributed by atoms with Gasteiger partial charge in [0.1, 0.15) is 0 Å². The third-order valence-corrected chi connectivity index (χ3v) is 3.64. The van der Waals surface area contributed by atoms with Gasteiger partial charge in [-0.3, -0.25) is 9.59 Å². The molecular weight excluding hydrogens is 218 g/mol. The molecule has 17 heavy (non-hydrogen) atoms. The Morgan fingerprint density at radius 2 is 1.82 bits per heavy atom. The van der Waals surface area contributed by atoms with Gasteiger partial charge in [0.2, 0.25) is 5.91 Å². The molecule has 1 rings (SSSR count). The summed E-state index contributed by atoms with van der Waals surface area (Å²) in [7, 11) is 0. The van der Waals surface area contributed by atoms with E-state index in [1.165, 1.54) is 0 Å². The number of carboxylic acids is 1. The van der Waals surface area contributed by atoms with Crippen molar-refractivity contribution < 1.29 is 14.7 Å². The molecule has 0 aromatic carbocycles. The average molecular weight is 241 g/mol. The van der Waals surface area contributed by atoms with E-state index in [9.17, 15) is 9.59 Å². The van der Waals surface area contributed by atoms with Crippen molar-refractivity contribution in [2.75, 3.05) is 13.1 Å². The van der Waals surface area contributed by atoms with Gasteiger partial charge in [0.05, 0.1) is 11.8 Å². The van der Waals surface area contributed by atoms with E-state index in [1.807, 2.05) is 20.8 Å². The number of hydrogen-bond donors (Lipinski definition) is 1. The summed E-state index contributed by atoms with van der Waals surface area (Å²) >= 11 is 0. The predicted octanol–water partition coefficient (Wildman–Crippen LogP) is 1.85. The third kappa shape index (κ3) is 2.61. The normalized spacial score (nSPS) is 25.8. The van der Waals surface area contributed by atoms with Gasteiger partial charge in [-0.2, -0.15) is 0 Å². The SMILES string of the molecule is CCN(CC(C)C)C(=O)C1C(C(=O)O)C1(C)C. The molecule has 4 nitrogen and oxygen atoms in total. The van der Waals surface area contributed by atoms with Gasteiger partial charge in [-0.05, 0) is 18.3 Å². The zero-order chi connectivity index (χ0) is 13.4. The summed E-state index contributed by atoms with van der Waals surface area (Å²) in [6.45, 7) is 11.1. The van der Waals surface area contributed by atoms with E-state index in [2.05, 4.69) is 13.8 Å². The molecule has 2 atom stereocenters. The number of carbonyl (C=O) groups is 2. The Morgan fingerprint density at radius 1 is 1.29 bits per heavy atom. The summed E-state index contributed by atoms with van der Waals surface area (Å²) in [5.74, 6) is -1.31. The van der Waals surface area contributed by atoms with Crippen molar-refractivity contribution in [1.82, 2.24) is 4.90 Å². The lowest BCUT2D eigenvalue weighted by Crippen LogP contribution is -2.36. The summed E-state index contributed by atoms with van der Waals surface area (Å²) < 4.78 is 0. The van der Waals surface area contributed by atoms with Crippen LogP contribution in [0.3, 0.4) is 0 Å². The standard InChI is InChI=1S/C13H23NO3/c1-6-14(7-8(2)3)11(15)9-10(12(16)17)13(9,4)5/h8-10H,6-7H2,1-5H3,(H,16,17). The molecule has 0 spiro atoms. The predicted molar refractivity (Wildman–Crippen MR) is 65.5 cm³/mol. The van der Waals surface area contributed by atoms with Crippen LogP contribution < -0.4 is 0 Å². The van der Waals surface area contributed by atoms with Crippen molar-refractivity contribution in [2.45, 2.75) is 34.6 Å². The first-order chi connectivity index (χ1) is 7.73. The van der Waals surface area contributed by atoms with Crippen LogP contribution in [-0.4, -0.2) is 35.0 Å². The lowest BCUT2D eigenvalue weighted by Gasteiger charge is -2.23. The van der Waals surface area contributed by atoms with E-state index in [-0.39, 0.29) is 11.8 Å². The lowest BCUT2D eigenvalue weighted by molar-refractivity contribution is -0.142. The van der Waals surface area contributed by atoms with Crippen LogP contribution in [0.4, 0.5) is 0 Å². The second-order valence-corrected chi connectivity index (χ2v) is 5.89. The molecular formula is C13H23NO3. The monoisotopic (exact) mass is 241 g/mol. The molecule has 1 aliphatic carbocycles. The van der Waals surface area contributed by atoms with Gasteiger partial charge in [0.15, 0.2) is 0 Å². The quantitative estimate of drug-likeness (QED) is 0.799. The van der Waals surface area contributed by atoms with Crippen LogP contribution in [0.1, 0.15) is 34.6 Å². The zero-order valence-electron chi connectivity index (χ0n) is 11.4. The van der Waals surface area contributed by atoms with Crippen molar-refractivity contribution in [3.63, 3.8) is 0 Å². The van der Waals surface area contributed by atoms with E-state index >= 15 is 0 Å². The number of amides is 1. The van der Waals surface area contributed by atoms with Gasteiger partial charge in [-0.1, -0.05) is 27.7 Å². The van der Waals surface area contributed by atoms with Gasteiger partial charge in [-0.15, -0.1) is 0 Å². The van der Waals surface area contributed by atoms with Gasteiger partial charge >= 0.3 is 5.97 Å². The number of carbonyl (C=O) groups excluding carboxylic acids is 1. The molecule has 1 N–H and O–H groups in total. The van der Waals surface area contributed by atoms with Gasteiger partial charge < -0.3 is 10.0 Å². The molecule has 1 fully saturated rings. The maximum absolute atomic E-state index is 12.3. The van der Waals surface area contributed by atoms with Crippen molar-refractivity contribution in [2.24, 2.45) is 23.2 Å². The molecule has 0 aliphatic heterocycles. The van der Waals surface area contributed by atoms with E-state index in [4.69, 9.17) is 5.11 Å². The fraction of sp³-hybridized carbons (Fsp3) is 0.846. The minimum atomic E-state index is -0.853. The highest BCUT2D eigenvalue weighted by Gasteiger charge is 2.66. The molecule has 98 valence electrons. The van der Waals surface area contributed by atoms with Gasteiger partial charge in [-0.25, -0.2) is 0 Å². The van der Waals surface area contributed by atoms with Gasteiger partial charge in [0, 0.05) is 13.1 Å². The molecule has 0 aromatic rings. The first-order valence-electron chi connectivity index (χ1n) is 6.25. The Bertz CT molecular complexity index is 323. The largest absolute Gasteiger partial charge is 0.481 e. The highest BCUT2D eigenvalue weighted by Crippen LogP contribution is 2.59. The topological polar surface area (TPSA) is 57.6 Å². The van der Waals surface area contributed by atoms with Gasteiger partial charge in [0.25, 0.3) is 0 Å². The Hall–Kier alpha value is -1.06. The molecule has 2 unspecified atom stereocenters. The van der Waals surface area contributed by atoms with Crippen molar-refractivity contribution in [1.29, 1.82) is 0 Å². The van der Waals surface area contributed by atoms with E-state index in [0.717, 1.165) is 0 Å². The number of rotatable bonds is 5. The van der Waals surface area contributed by atoms with Crippen LogP contribution in [0.25, 0.3) is 0 Å². The Labute approximate surface area is 103 Å². The van der Waals surface area contributed by atoms with Crippen LogP contribution >= 0.6 is 0 Å². The first-order valence-corrected chi connectivity index (χ1v) is 6.25. The first kappa shape index (κ1) is 14.0. The minimum absolute atomic E-state index is 0.00130. The second-order valence-electron chi connectivity index (χ2n) is 5.89. The Morgan fingerprint density at radius 3 is 2.12 bits per heavy atom. The zero-order valence-corrected chi connectivity index (χ0v) is 11.4. The third-order valence-electron chi connectivity index (χ3n) is 3.64. The van der Waals surface area contributed by atoms with Crippen molar-refractivity contribution >= 4 is 11.9 Å². The minimum Gasteiger partial charge on any atom is -0.481 e. The highest BCUT2D eigenvalue weighted by atomic mass is 16.4. The average Bonchev–Trinajstić information content (AvgIpc) is 2.76. The maximum Gasteiger partial charge on any atom is 0.307 e. The molecule has 1 aliphatic rings. The number of hydrogen-bond acceptors (Lipinski definition) is 2. The van der Waals surface area contributed by atoms with Crippen molar-refractivity contribution in [3.8, 4) is 0 Å². The van der Waals surface area contributed by atoms with Crippen LogP contribution in [-0.2, 0) is 9.59 Å². The second kappa shape index (κ2) is 4.67. The highest BCUT2D eigenvalue weighted by molar-refractivity contribution is 5.91. The lowest BCUT2D eigenvalue weighted by atomic mass is 10.1. The molecule has 0 radical (unpaired) electrons. The summed E-state index contributed by atoms with van der Waals surface area (Å²) in [5.41, 5.74) is -0.396. The summed E-state index contributed by atoms with van der Waals surface area (Å²) in [6, 6.07) is 0.